The molecule has 1 saturated heterocycles. The fourth-order valence-electron chi connectivity index (χ4n) is 1.42. The Balaban J connectivity index is 2.46. The quantitative estimate of drug-likeness (QED) is 0.675. The largest absolute Gasteiger partial charge is 0.315 e. The van der Waals surface area contributed by atoms with Crippen molar-refractivity contribution in [3.8, 4) is 0 Å². The maximum atomic E-state index is 11.5. The number of rotatable bonds is 2. The Morgan fingerprint density at radius 3 is 3.08 bits per heavy atom. The second-order valence-corrected chi connectivity index (χ2v) is 5.04. The van der Waals surface area contributed by atoms with Gasteiger partial charge < -0.3 is 5.32 Å². The summed E-state index contributed by atoms with van der Waals surface area (Å²) >= 11 is 0. The van der Waals surface area contributed by atoms with Gasteiger partial charge in [-0.1, -0.05) is 13.8 Å². The molecule has 0 aromatic rings. The molecule has 3 nitrogen and oxygen atoms in total. The van der Waals surface area contributed by atoms with Crippen LogP contribution in [0.2, 0.25) is 0 Å². The highest BCUT2D eigenvalue weighted by Gasteiger charge is 2.17. The first-order valence-electron chi connectivity index (χ1n) is 4.58. The monoisotopic (exact) mass is 190 g/mol. The van der Waals surface area contributed by atoms with Gasteiger partial charge in [-0.25, -0.2) is 8.51 Å². The normalized spacial score (nSPS) is 29.7. The van der Waals surface area contributed by atoms with Crippen LogP contribution in [0.3, 0.4) is 0 Å². The van der Waals surface area contributed by atoms with Gasteiger partial charge in [-0.15, -0.1) is 0 Å². The van der Waals surface area contributed by atoms with E-state index >= 15 is 0 Å². The smallest absolute Gasteiger partial charge is 0.0940 e. The molecule has 0 radical (unpaired) electrons. The highest BCUT2D eigenvalue weighted by Crippen LogP contribution is 2.05. The second kappa shape index (κ2) is 4.94. The highest BCUT2D eigenvalue weighted by atomic mass is 32.2. The van der Waals surface area contributed by atoms with Crippen LogP contribution < -0.4 is 5.32 Å². The Morgan fingerprint density at radius 2 is 2.42 bits per heavy atom. The molecule has 0 aliphatic carbocycles. The summed E-state index contributed by atoms with van der Waals surface area (Å²) in [6.45, 7) is 8.07. The lowest BCUT2D eigenvalue weighted by molar-refractivity contribution is 0.417. The van der Waals surface area contributed by atoms with E-state index in [1.54, 1.807) is 0 Å². The summed E-state index contributed by atoms with van der Waals surface area (Å²) in [6.07, 6.45) is 0. The zero-order valence-corrected chi connectivity index (χ0v) is 8.69. The van der Waals surface area contributed by atoms with Gasteiger partial charge in [0.05, 0.1) is 11.0 Å². The van der Waals surface area contributed by atoms with Crippen LogP contribution in [0.5, 0.6) is 0 Å². The first-order valence-corrected chi connectivity index (χ1v) is 5.85. The zero-order valence-electron chi connectivity index (χ0n) is 7.88. The van der Waals surface area contributed by atoms with Crippen LogP contribution in [-0.4, -0.2) is 40.4 Å². The van der Waals surface area contributed by atoms with Crippen molar-refractivity contribution < 1.29 is 4.21 Å². The van der Waals surface area contributed by atoms with Gasteiger partial charge in [0, 0.05) is 25.4 Å². The van der Waals surface area contributed by atoms with Crippen molar-refractivity contribution in [2.45, 2.75) is 13.8 Å². The molecule has 1 heterocycles. The fourth-order valence-corrected chi connectivity index (χ4v) is 2.50. The molecule has 0 saturated carbocycles. The van der Waals surface area contributed by atoms with Crippen molar-refractivity contribution in [2.75, 3.05) is 31.9 Å². The number of hydrogen-bond acceptors (Lipinski definition) is 2. The van der Waals surface area contributed by atoms with E-state index in [1.165, 1.54) is 0 Å². The lowest BCUT2D eigenvalue weighted by atomic mass is 10.2. The van der Waals surface area contributed by atoms with Crippen LogP contribution in [0, 0.1) is 5.92 Å². The molecule has 0 spiro atoms. The predicted octanol–water partition coefficient (Wildman–Crippen LogP) is 0.211. The second-order valence-electron chi connectivity index (χ2n) is 3.31. The van der Waals surface area contributed by atoms with Crippen LogP contribution in [0.4, 0.5) is 0 Å². The predicted molar refractivity (Wildman–Crippen MR) is 52.3 cm³/mol. The maximum absolute atomic E-state index is 11.5. The highest BCUT2D eigenvalue weighted by molar-refractivity contribution is 7.82. The van der Waals surface area contributed by atoms with Crippen LogP contribution >= 0.6 is 0 Å². The molecule has 4 heteroatoms. The third-order valence-corrected chi connectivity index (χ3v) is 3.48. The Hall–Kier alpha value is 0.0700. The molecule has 1 aliphatic rings. The number of hydrogen-bond donors (Lipinski definition) is 1. The zero-order chi connectivity index (χ0) is 8.97. The molecule has 1 N–H and O–H groups in total. The summed E-state index contributed by atoms with van der Waals surface area (Å²) in [5, 5.41) is 3.33. The van der Waals surface area contributed by atoms with Crippen LogP contribution in [0.25, 0.3) is 0 Å². The Kier molecular flexibility index (Phi) is 4.18. The number of nitrogens with one attached hydrogen (secondary N) is 1. The van der Waals surface area contributed by atoms with Gasteiger partial charge in [-0.05, 0) is 12.5 Å². The molecule has 1 aliphatic heterocycles. The summed E-state index contributed by atoms with van der Waals surface area (Å²) in [7, 11) is -0.752. The molecular formula is C8H18N2OS. The molecule has 0 aromatic carbocycles. The molecule has 2 atom stereocenters. The Bertz CT molecular complexity index is 163. The van der Waals surface area contributed by atoms with Crippen LogP contribution in [0.1, 0.15) is 13.8 Å². The van der Waals surface area contributed by atoms with Gasteiger partial charge in [0.25, 0.3) is 0 Å². The standard InChI is InChI=1S/C8H18N2OS/c1-3-12(11)10-5-4-9-6-8(2)7-10/h8-9H,3-7H2,1-2H3. The van der Waals surface area contributed by atoms with Crippen LogP contribution in [-0.2, 0) is 11.0 Å². The average Bonchev–Trinajstić information content (AvgIpc) is 2.28. The van der Waals surface area contributed by atoms with E-state index in [-0.39, 0.29) is 0 Å². The van der Waals surface area contributed by atoms with Crippen molar-refractivity contribution in [1.29, 1.82) is 0 Å². The molecule has 72 valence electrons. The SMILES string of the molecule is CCS(=O)N1CCNCC(C)C1. The molecule has 0 amide bonds. The molecule has 12 heavy (non-hydrogen) atoms. The maximum Gasteiger partial charge on any atom is 0.0940 e. The summed E-state index contributed by atoms with van der Waals surface area (Å²) in [4.78, 5) is 0. The van der Waals surface area contributed by atoms with E-state index in [1.807, 2.05) is 6.92 Å². The average molecular weight is 190 g/mol. The minimum atomic E-state index is -0.752. The lowest BCUT2D eigenvalue weighted by Gasteiger charge is -2.19. The lowest BCUT2D eigenvalue weighted by Crippen LogP contribution is -2.32. The van der Waals surface area contributed by atoms with Gasteiger partial charge in [0.15, 0.2) is 0 Å². The van der Waals surface area contributed by atoms with Crippen molar-refractivity contribution in [3.05, 3.63) is 0 Å². The molecule has 1 rings (SSSR count). The molecule has 0 aromatic heterocycles. The molecule has 2 unspecified atom stereocenters. The third-order valence-electron chi connectivity index (χ3n) is 2.08. The van der Waals surface area contributed by atoms with Gasteiger partial charge in [-0.3, -0.25) is 0 Å². The van der Waals surface area contributed by atoms with Gasteiger partial charge in [0.1, 0.15) is 0 Å². The van der Waals surface area contributed by atoms with E-state index < -0.39 is 11.0 Å². The summed E-state index contributed by atoms with van der Waals surface area (Å²) in [6, 6.07) is 0. The number of nitrogens with zero attached hydrogens (tertiary/aromatic N) is 1. The van der Waals surface area contributed by atoms with E-state index in [0.717, 1.165) is 31.9 Å². The first-order chi connectivity index (χ1) is 5.74. The minimum absolute atomic E-state index is 0.614. The minimum Gasteiger partial charge on any atom is -0.315 e. The van der Waals surface area contributed by atoms with E-state index in [0.29, 0.717) is 5.92 Å². The van der Waals surface area contributed by atoms with E-state index in [9.17, 15) is 4.21 Å². The van der Waals surface area contributed by atoms with Gasteiger partial charge in [0.2, 0.25) is 0 Å². The Morgan fingerprint density at radius 1 is 1.67 bits per heavy atom. The first kappa shape index (κ1) is 10.2. The fraction of sp³-hybridized carbons (Fsp3) is 1.00. The van der Waals surface area contributed by atoms with Crippen molar-refractivity contribution in [2.24, 2.45) is 5.92 Å². The van der Waals surface area contributed by atoms with E-state index in [2.05, 4.69) is 16.5 Å². The molecule has 0 bridgehead atoms. The van der Waals surface area contributed by atoms with Crippen molar-refractivity contribution in [3.63, 3.8) is 0 Å². The third kappa shape index (κ3) is 2.84. The van der Waals surface area contributed by atoms with Gasteiger partial charge in [-0.2, -0.15) is 0 Å². The summed E-state index contributed by atoms with van der Waals surface area (Å²) in [5.74, 6) is 1.36. The van der Waals surface area contributed by atoms with Crippen LogP contribution in [0.15, 0.2) is 0 Å². The topological polar surface area (TPSA) is 32.3 Å². The molecular weight excluding hydrogens is 172 g/mol. The Labute approximate surface area is 77.1 Å². The van der Waals surface area contributed by atoms with Gasteiger partial charge >= 0.3 is 0 Å². The van der Waals surface area contributed by atoms with E-state index in [4.69, 9.17) is 0 Å². The summed E-state index contributed by atoms with van der Waals surface area (Å²) in [5.41, 5.74) is 0. The van der Waals surface area contributed by atoms with Crippen molar-refractivity contribution >= 4 is 11.0 Å². The van der Waals surface area contributed by atoms with Crippen molar-refractivity contribution in [1.82, 2.24) is 9.62 Å². The molecule has 1 fully saturated rings. The summed E-state index contributed by atoms with van der Waals surface area (Å²) < 4.78 is 13.5.